The largest absolute Gasteiger partial charge is 0.355 e. The highest BCUT2D eigenvalue weighted by atomic mass is 35.5. The van der Waals surface area contributed by atoms with Crippen LogP contribution in [-0.4, -0.2) is 19.0 Å². The molecule has 0 atom stereocenters. The molecule has 0 bridgehead atoms. The van der Waals surface area contributed by atoms with E-state index in [0.717, 1.165) is 17.9 Å². The van der Waals surface area contributed by atoms with E-state index in [0.29, 0.717) is 19.5 Å². The molecule has 3 N–H and O–H groups in total. The van der Waals surface area contributed by atoms with Gasteiger partial charge in [-0.3, -0.25) is 4.79 Å². The zero-order chi connectivity index (χ0) is 13.7. The number of halogens is 2. The van der Waals surface area contributed by atoms with E-state index in [-0.39, 0.29) is 23.7 Å². The molecule has 5 heteroatoms. The smallest absolute Gasteiger partial charge is 0.221 e. The fourth-order valence-electron chi connectivity index (χ4n) is 2.91. The first-order valence-electron chi connectivity index (χ1n) is 6.89. The van der Waals surface area contributed by atoms with Gasteiger partial charge in [0.05, 0.1) is 0 Å². The molecule has 1 aliphatic carbocycles. The molecule has 0 saturated heterocycles. The quantitative estimate of drug-likeness (QED) is 0.877. The Morgan fingerprint density at radius 1 is 1.25 bits per heavy atom. The van der Waals surface area contributed by atoms with Gasteiger partial charge in [-0.15, -0.1) is 12.4 Å². The van der Waals surface area contributed by atoms with Gasteiger partial charge in [0.15, 0.2) is 0 Å². The fraction of sp³-hybridized carbons (Fsp3) is 0.533. The second kappa shape index (κ2) is 7.87. The van der Waals surface area contributed by atoms with Crippen LogP contribution in [0.2, 0.25) is 5.02 Å². The van der Waals surface area contributed by atoms with E-state index in [1.165, 1.54) is 18.4 Å². The molecule has 1 amide bonds. The third kappa shape index (κ3) is 4.11. The first kappa shape index (κ1) is 17.3. The summed E-state index contributed by atoms with van der Waals surface area (Å²) < 4.78 is 0. The monoisotopic (exact) mass is 316 g/mol. The summed E-state index contributed by atoms with van der Waals surface area (Å²) in [6.07, 6.45) is 5.08. The van der Waals surface area contributed by atoms with Crippen molar-refractivity contribution in [3.8, 4) is 0 Å². The summed E-state index contributed by atoms with van der Waals surface area (Å²) in [6.45, 7) is 1.10. The average Bonchev–Trinajstić information content (AvgIpc) is 2.88. The van der Waals surface area contributed by atoms with Gasteiger partial charge in [0, 0.05) is 29.9 Å². The van der Waals surface area contributed by atoms with Gasteiger partial charge in [0.25, 0.3) is 0 Å². The van der Waals surface area contributed by atoms with Gasteiger partial charge in [-0.25, -0.2) is 0 Å². The summed E-state index contributed by atoms with van der Waals surface area (Å²) in [5.41, 5.74) is 6.76. The summed E-state index contributed by atoms with van der Waals surface area (Å²) in [5, 5.41) is 3.78. The Kier molecular flexibility index (Phi) is 6.80. The van der Waals surface area contributed by atoms with Crippen LogP contribution in [0.15, 0.2) is 24.3 Å². The van der Waals surface area contributed by atoms with Gasteiger partial charge in [-0.05, 0) is 30.5 Å². The minimum Gasteiger partial charge on any atom is -0.355 e. The molecule has 2 rings (SSSR count). The lowest BCUT2D eigenvalue weighted by atomic mass is 9.79. The molecule has 1 aromatic carbocycles. The molecule has 0 aliphatic heterocycles. The van der Waals surface area contributed by atoms with Crippen molar-refractivity contribution in [2.75, 3.05) is 13.1 Å². The van der Waals surface area contributed by atoms with Crippen LogP contribution in [0.25, 0.3) is 0 Å². The third-order valence-corrected chi connectivity index (χ3v) is 4.26. The average molecular weight is 317 g/mol. The van der Waals surface area contributed by atoms with Gasteiger partial charge in [0.2, 0.25) is 5.91 Å². The van der Waals surface area contributed by atoms with Crippen LogP contribution in [0.1, 0.15) is 37.7 Å². The van der Waals surface area contributed by atoms with Gasteiger partial charge < -0.3 is 11.1 Å². The van der Waals surface area contributed by atoms with Gasteiger partial charge in [0.1, 0.15) is 0 Å². The molecule has 0 unspecified atom stereocenters. The van der Waals surface area contributed by atoms with E-state index in [4.69, 9.17) is 17.3 Å². The number of hydrogen-bond donors (Lipinski definition) is 2. The number of nitrogens with two attached hydrogens (primary N) is 1. The number of nitrogens with one attached hydrogen (secondary N) is 1. The molecule has 3 nitrogen and oxygen atoms in total. The van der Waals surface area contributed by atoms with Crippen LogP contribution in [-0.2, 0) is 10.2 Å². The minimum absolute atomic E-state index is 0. The van der Waals surface area contributed by atoms with Gasteiger partial charge >= 0.3 is 0 Å². The molecule has 1 aromatic rings. The zero-order valence-corrected chi connectivity index (χ0v) is 13.1. The van der Waals surface area contributed by atoms with Crippen molar-refractivity contribution in [2.45, 2.75) is 37.5 Å². The van der Waals surface area contributed by atoms with E-state index in [1.807, 2.05) is 12.1 Å². The van der Waals surface area contributed by atoms with Gasteiger partial charge in [-0.2, -0.15) is 0 Å². The Morgan fingerprint density at radius 2 is 1.85 bits per heavy atom. The summed E-state index contributed by atoms with van der Waals surface area (Å²) in [6, 6.07) is 8.03. The molecule has 1 saturated carbocycles. The Hall–Kier alpha value is -0.770. The number of carbonyl (C=O) groups is 1. The van der Waals surface area contributed by atoms with Crippen molar-refractivity contribution in [2.24, 2.45) is 5.73 Å². The summed E-state index contributed by atoms with van der Waals surface area (Å²) in [5.74, 6) is 0.0442. The standard InChI is InChI=1S/C15H21ClN2O.ClH/c16-13-5-3-12(4-6-13)15(8-1-2-9-15)11-18-14(19)7-10-17;/h3-6H,1-2,7-11,17H2,(H,18,19);1H. The second-order valence-electron chi connectivity index (χ2n) is 5.31. The van der Waals surface area contributed by atoms with E-state index < -0.39 is 0 Å². The highest BCUT2D eigenvalue weighted by molar-refractivity contribution is 6.30. The summed E-state index contributed by atoms with van der Waals surface area (Å²) in [4.78, 5) is 11.6. The second-order valence-corrected chi connectivity index (χ2v) is 5.75. The first-order valence-corrected chi connectivity index (χ1v) is 7.27. The van der Waals surface area contributed by atoms with E-state index in [2.05, 4.69) is 17.4 Å². The number of amides is 1. The predicted octanol–water partition coefficient (Wildman–Crippen LogP) is 3.04. The Morgan fingerprint density at radius 3 is 2.40 bits per heavy atom. The van der Waals surface area contributed by atoms with Gasteiger partial charge in [-0.1, -0.05) is 36.6 Å². The number of hydrogen-bond acceptors (Lipinski definition) is 2. The third-order valence-electron chi connectivity index (χ3n) is 4.01. The molecule has 0 aromatic heterocycles. The molecular formula is C15H22Cl2N2O. The highest BCUT2D eigenvalue weighted by Gasteiger charge is 2.35. The van der Waals surface area contributed by atoms with E-state index in [9.17, 15) is 4.79 Å². The molecule has 112 valence electrons. The molecule has 1 fully saturated rings. The van der Waals surface area contributed by atoms with Crippen molar-refractivity contribution in [3.63, 3.8) is 0 Å². The summed E-state index contributed by atoms with van der Waals surface area (Å²) in [7, 11) is 0. The predicted molar refractivity (Wildman–Crippen MR) is 85.5 cm³/mol. The minimum atomic E-state index is 0. The Balaban J connectivity index is 0.00000200. The van der Waals surface area contributed by atoms with Crippen molar-refractivity contribution in [1.29, 1.82) is 0 Å². The van der Waals surface area contributed by atoms with Crippen LogP contribution in [0.5, 0.6) is 0 Å². The Bertz CT molecular complexity index is 428. The zero-order valence-electron chi connectivity index (χ0n) is 11.5. The van der Waals surface area contributed by atoms with Crippen molar-refractivity contribution in [1.82, 2.24) is 5.32 Å². The molecular weight excluding hydrogens is 295 g/mol. The van der Waals surface area contributed by atoms with Crippen LogP contribution in [0.3, 0.4) is 0 Å². The van der Waals surface area contributed by atoms with Crippen molar-refractivity contribution in [3.05, 3.63) is 34.9 Å². The van der Waals surface area contributed by atoms with Crippen LogP contribution in [0.4, 0.5) is 0 Å². The van der Waals surface area contributed by atoms with Crippen LogP contribution >= 0.6 is 24.0 Å². The van der Waals surface area contributed by atoms with Crippen molar-refractivity contribution >= 4 is 29.9 Å². The normalized spacial score (nSPS) is 16.5. The Labute approximate surface area is 131 Å². The number of rotatable bonds is 5. The van der Waals surface area contributed by atoms with E-state index >= 15 is 0 Å². The lowest BCUT2D eigenvalue weighted by Gasteiger charge is -2.30. The molecule has 1 aliphatic rings. The maximum absolute atomic E-state index is 11.6. The maximum atomic E-state index is 11.6. The number of carbonyl (C=O) groups excluding carboxylic acids is 1. The number of benzene rings is 1. The van der Waals surface area contributed by atoms with Crippen LogP contribution < -0.4 is 11.1 Å². The topological polar surface area (TPSA) is 55.1 Å². The highest BCUT2D eigenvalue weighted by Crippen LogP contribution is 2.40. The molecule has 0 heterocycles. The lowest BCUT2D eigenvalue weighted by molar-refractivity contribution is -0.121. The lowest BCUT2D eigenvalue weighted by Crippen LogP contribution is -2.39. The maximum Gasteiger partial charge on any atom is 0.221 e. The molecule has 0 spiro atoms. The van der Waals surface area contributed by atoms with E-state index in [1.54, 1.807) is 0 Å². The molecule has 0 radical (unpaired) electrons. The first-order chi connectivity index (χ1) is 9.16. The SMILES string of the molecule is Cl.NCCC(=O)NCC1(c2ccc(Cl)cc2)CCCC1. The van der Waals surface area contributed by atoms with Crippen LogP contribution in [0, 0.1) is 0 Å². The molecule has 20 heavy (non-hydrogen) atoms. The summed E-state index contributed by atoms with van der Waals surface area (Å²) >= 11 is 5.95. The van der Waals surface area contributed by atoms with Crippen molar-refractivity contribution < 1.29 is 4.79 Å². The fourth-order valence-corrected chi connectivity index (χ4v) is 3.04.